The molecule has 0 spiro atoms. The number of imide groups is 1. The Morgan fingerprint density at radius 1 is 0.893 bits per heavy atom. The smallest absolute Gasteiger partial charge is 0.276 e. The molecular weight excluding hydrogens is 369 g/mol. The van der Waals surface area contributed by atoms with Crippen molar-refractivity contribution >= 4 is 23.6 Å². The predicted molar refractivity (Wildman–Crippen MR) is 94.6 cm³/mol. The Kier molecular flexibility index (Phi) is 5.64. The van der Waals surface area contributed by atoms with Crippen molar-refractivity contribution in [2.45, 2.75) is 6.42 Å². The highest BCUT2D eigenvalue weighted by Gasteiger charge is 2.34. The Balaban J connectivity index is 1.40. The van der Waals surface area contributed by atoms with Crippen LogP contribution in [0.4, 0.5) is 4.39 Å². The Labute approximate surface area is 159 Å². The van der Waals surface area contributed by atoms with Gasteiger partial charge in [0, 0.05) is 13.0 Å². The summed E-state index contributed by atoms with van der Waals surface area (Å²) in [7, 11) is 0. The number of ether oxygens (including phenoxy) is 1. The number of fused-ring (bicyclic) bond motifs is 1. The fourth-order valence-corrected chi connectivity index (χ4v) is 2.57. The van der Waals surface area contributed by atoms with Gasteiger partial charge in [-0.25, -0.2) is 4.39 Å². The molecule has 0 fully saturated rings. The Hall–Kier alpha value is -3.75. The molecule has 2 aromatic rings. The second-order valence-electron chi connectivity index (χ2n) is 5.90. The van der Waals surface area contributed by atoms with Crippen LogP contribution in [-0.4, -0.2) is 41.7 Å². The molecule has 9 heteroatoms. The van der Waals surface area contributed by atoms with Crippen molar-refractivity contribution in [1.29, 1.82) is 0 Å². The summed E-state index contributed by atoms with van der Waals surface area (Å²) in [6, 6.07) is 11.5. The predicted octanol–water partition coefficient (Wildman–Crippen LogP) is 1.04. The van der Waals surface area contributed by atoms with Crippen LogP contribution in [0.5, 0.6) is 5.75 Å². The molecule has 0 aromatic heterocycles. The molecule has 3 rings (SSSR count). The number of benzene rings is 2. The lowest BCUT2D eigenvalue weighted by Crippen LogP contribution is -2.45. The van der Waals surface area contributed by atoms with Crippen LogP contribution in [0.25, 0.3) is 0 Å². The minimum absolute atomic E-state index is 0.111. The highest BCUT2D eigenvalue weighted by molar-refractivity contribution is 6.21. The molecule has 0 aliphatic carbocycles. The number of amides is 4. The zero-order valence-electron chi connectivity index (χ0n) is 14.6. The van der Waals surface area contributed by atoms with E-state index in [4.69, 9.17) is 4.74 Å². The number of rotatable bonds is 6. The Morgan fingerprint density at radius 3 is 2.07 bits per heavy atom. The summed E-state index contributed by atoms with van der Waals surface area (Å²) in [6.07, 6.45) is -0.176. The van der Waals surface area contributed by atoms with E-state index in [1.807, 2.05) is 0 Å². The van der Waals surface area contributed by atoms with Crippen molar-refractivity contribution in [2.75, 3.05) is 13.2 Å². The first-order chi connectivity index (χ1) is 13.5. The van der Waals surface area contributed by atoms with Gasteiger partial charge in [-0.1, -0.05) is 12.1 Å². The monoisotopic (exact) mass is 385 g/mol. The largest absolute Gasteiger partial charge is 0.484 e. The van der Waals surface area contributed by atoms with E-state index < -0.39 is 29.4 Å². The van der Waals surface area contributed by atoms with Crippen LogP contribution >= 0.6 is 0 Å². The van der Waals surface area contributed by atoms with Crippen molar-refractivity contribution in [2.24, 2.45) is 0 Å². The highest BCUT2D eigenvalue weighted by Crippen LogP contribution is 2.22. The molecule has 2 N–H and O–H groups in total. The molecule has 4 amide bonds. The highest BCUT2D eigenvalue weighted by atomic mass is 19.1. The van der Waals surface area contributed by atoms with Gasteiger partial charge in [-0.15, -0.1) is 0 Å². The van der Waals surface area contributed by atoms with E-state index >= 15 is 0 Å². The summed E-state index contributed by atoms with van der Waals surface area (Å²) in [6.45, 7) is -0.496. The van der Waals surface area contributed by atoms with Gasteiger partial charge in [-0.05, 0) is 36.4 Å². The quantitative estimate of drug-likeness (QED) is 0.571. The van der Waals surface area contributed by atoms with Gasteiger partial charge >= 0.3 is 0 Å². The minimum atomic E-state index is -0.626. The Morgan fingerprint density at radius 2 is 1.46 bits per heavy atom. The summed E-state index contributed by atoms with van der Waals surface area (Å²) in [5.41, 5.74) is 4.94. The van der Waals surface area contributed by atoms with Gasteiger partial charge in [-0.3, -0.25) is 34.9 Å². The number of hydrogen-bond acceptors (Lipinski definition) is 5. The summed E-state index contributed by atoms with van der Waals surface area (Å²) in [5.74, 6) is -2.24. The molecule has 144 valence electrons. The third-order valence-corrected chi connectivity index (χ3v) is 3.97. The van der Waals surface area contributed by atoms with Crippen LogP contribution in [0.1, 0.15) is 27.1 Å². The average molecular weight is 385 g/mol. The van der Waals surface area contributed by atoms with Gasteiger partial charge in [0.15, 0.2) is 6.61 Å². The second kappa shape index (κ2) is 8.30. The van der Waals surface area contributed by atoms with Crippen molar-refractivity contribution in [1.82, 2.24) is 15.8 Å². The number of nitrogens with zero attached hydrogens (tertiary/aromatic N) is 1. The molecule has 1 heterocycles. The first-order valence-electron chi connectivity index (χ1n) is 8.37. The van der Waals surface area contributed by atoms with E-state index in [-0.39, 0.29) is 19.6 Å². The third-order valence-electron chi connectivity index (χ3n) is 3.97. The first-order valence-corrected chi connectivity index (χ1v) is 8.37. The lowest BCUT2D eigenvalue weighted by molar-refractivity contribution is -0.130. The molecule has 28 heavy (non-hydrogen) atoms. The molecule has 0 radical (unpaired) electrons. The first kappa shape index (κ1) is 19.0. The van der Waals surface area contributed by atoms with Gasteiger partial charge in [0.25, 0.3) is 17.7 Å². The van der Waals surface area contributed by atoms with Crippen LogP contribution in [0.2, 0.25) is 0 Å². The van der Waals surface area contributed by atoms with Crippen LogP contribution in [-0.2, 0) is 9.59 Å². The summed E-state index contributed by atoms with van der Waals surface area (Å²) in [4.78, 5) is 48.9. The number of hydrogen-bond donors (Lipinski definition) is 2. The van der Waals surface area contributed by atoms with E-state index in [0.29, 0.717) is 16.9 Å². The maximum atomic E-state index is 12.8. The van der Waals surface area contributed by atoms with Crippen molar-refractivity contribution in [3.05, 3.63) is 65.5 Å². The van der Waals surface area contributed by atoms with E-state index in [9.17, 15) is 23.6 Å². The second-order valence-corrected chi connectivity index (χ2v) is 5.90. The van der Waals surface area contributed by atoms with E-state index in [1.54, 1.807) is 24.3 Å². The zero-order valence-corrected chi connectivity index (χ0v) is 14.6. The third kappa shape index (κ3) is 4.32. The Bertz CT molecular complexity index is 894. The van der Waals surface area contributed by atoms with Gasteiger partial charge in [0.2, 0.25) is 5.91 Å². The molecule has 0 saturated carbocycles. The molecule has 0 atom stereocenters. The van der Waals surface area contributed by atoms with Crippen LogP contribution in [0, 0.1) is 5.82 Å². The SMILES string of the molecule is O=C(CCN1C(=O)c2ccccc2C1=O)NNC(=O)COc1ccc(F)cc1. The maximum Gasteiger partial charge on any atom is 0.276 e. The summed E-state index contributed by atoms with van der Waals surface area (Å²) in [5, 5.41) is 0. The van der Waals surface area contributed by atoms with Gasteiger partial charge in [0.05, 0.1) is 11.1 Å². The van der Waals surface area contributed by atoms with Gasteiger partial charge in [0.1, 0.15) is 11.6 Å². The molecule has 0 bridgehead atoms. The van der Waals surface area contributed by atoms with Crippen molar-refractivity contribution in [3.8, 4) is 5.75 Å². The lowest BCUT2D eigenvalue weighted by Gasteiger charge is -2.14. The fourth-order valence-electron chi connectivity index (χ4n) is 2.57. The molecule has 0 saturated heterocycles. The molecule has 8 nitrogen and oxygen atoms in total. The van der Waals surface area contributed by atoms with Gasteiger partial charge in [-0.2, -0.15) is 0 Å². The molecule has 1 aliphatic heterocycles. The zero-order chi connectivity index (χ0) is 20.1. The topological polar surface area (TPSA) is 105 Å². The lowest BCUT2D eigenvalue weighted by atomic mass is 10.1. The number of carbonyl (C=O) groups is 4. The summed E-state index contributed by atoms with van der Waals surface area (Å²) < 4.78 is 17.9. The number of halogens is 1. The normalized spacial score (nSPS) is 12.5. The maximum absolute atomic E-state index is 12.8. The molecular formula is C19H16FN3O5. The minimum Gasteiger partial charge on any atom is -0.484 e. The standard InChI is InChI=1S/C19H16FN3O5/c20-12-5-7-13(8-6-12)28-11-17(25)22-21-16(24)9-10-23-18(26)14-3-1-2-4-15(14)19(23)27/h1-8H,9-11H2,(H,21,24)(H,22,25). The molecule has 0 unspecified atom stereocenters. The van der Waals surface area contributed by atoms with Crippen molar-refractivity contribution in [3.63, 3.8) is 0 Å². The molecule has 2 aromatic carbocycles. The van der Waals surface area contributed by atoms with Crippen LogP contribution in [0.3, 0.4) is 0 Å². The van der Waals surface area contributed by atoms with Crippen LogP contribution in [0.15, 0.2) is 48.5 Å². The van der Waals surface area contributed by atoms with E-state index in [2.05, 4.69) is 10.9 Å². The molecule has 1 aliphatic rings. The van der Waals surface area contributed by atoms with Crippen LogP contribution < -0.4 is 15.6 Å². The van der Waals surface area contributed by atoms with Crippen molar-refractivity contribution < 1.29 is 28.3 Å². The number of hydrazine groups is 1. The number of nitrogens with one attached hydrogen (secondary N) is 2. The fraction of sp³-hybridized carbons (Fsp3) is 0.158. The van der Waals surface area contributed by atoms with E-state index in [1.165, 1.54) is 24.3 Å². The van der Waals surface area contributed by atoms with E-state index in [0.717, 1.165) is 4.90 Å². The van der Waals surface area contributed by atoms with Gasteiger partial charge < -0.3 is 4.74 Å². The summed E-state index contributed by atoms with van der Waals surface area (Å²) >= 11 is 0. The number of carbonyl (C=O) groups excluding carboxylic acids is 4. The average Bonchev–Trinajstić information content (AvgIpc) is 2.95.